The number of halogens is 1. The molecule has 0 amide bonds. The lowest BCUT2D eigenvalue weighted by Crippen LogP contribution is -2.34. The fourth-order valence-electron chi connectivity index (χ4n) is 5.11. The third-order valence-electron chi connectivity index (χ3n) is 7.16. The van der Waals surface area contributed by atoms with Crippen LogP contribution < -0.4 is 10.5 Å². The number of nitrogens with one attached hydrogen (secondary N) is 1. The number of tetrazole rings is 1. The Bertz CT molecular complexity index is 1640. The van der Waals surface area contributed by atoms with Gasteiger partial charge in [0.15, 0.2) is 5.82 Å². The highest BCUT2D eigenvalue weighted by Crippen LogP contribution is 2.37. The van der Waals surface area contributed by atoms with Gasteiger partial charge in [0.05, 0.1) is 12.1 Å². The SMILES string of the molecule is Cc1ccc2cc([C@H](c3nnnn3Cc3ccc(F)cc3)N3CCc4ccccc43)c(=O)[nH]c2c1C. The van der Waals surface area contributed by atoms with Gasteiger partial charge in [-0.25, -0.2) is 9.07 Å². The van der Waals surface area contributed by atoms with E-state index < -0.39 is 6.04 Å². The standard InChI is InChI=1S/C28H25FN6O/c1-17-7-10-21-15-23(28(36)30-25(21)18(17)2)26(34-14-13-20-5-3-4-6-24(20)34)27-31-32-33-35(27)16-19-8-11-22(29)12-9-19/h3-12,15,26H,13-14,16H2,1-2H3,(H,30,36)/t26-/m1/s1. The van der Waals surface area contributed by atoms with Gasteiger partial charge in [-0.15, -0.1) is 5.10 Å². The number of aromatic amines is 1. The van der Waals surface area contributed by atoms with Gasteiger partial charge in [-0.1, -0.05) is 42.5 Å². The molecule has 0 bridgehead atoms. The molecule has 2 aromatic heterocycles. The van der Waals surface area contributed by atoms with E-state index in [4.69, 9.17) is 0 Å². The Morgan fingerprint density at radius 1 is 1.06 bits per heavy atom. The summed E-state index contributed by atoms with van der Waals surface area (Å²) >= 11 is 0. The third-order valence-corrected chi connectivity index (χ3v) is 7.16. The molecule has 180 valence electrons. The average Bonchev–Trinajstić information content (AvgIpc) is 3.52. The Morgan fingerprint density at radius 3 is 2.69 bits per heavy atom. The topological polar surface area (TPSA) is 79.7 Å². The fourth-order valence-corrected chi connectivity index (χ4v) is 5.11. The molecule has 0 radical (unpaired) electrons. The van der Waals surface area contributed by atoms with E-state index >= 15 is 0 Å². The van der Waals surface area contributed by atoms with Crippen LogP contribution in [0.4, 0.5) is 10.1 Å². The highest BCUT2D eigenvalue weighted by molar-refractivity contribution is 5.83. The minimum absolute atomic E-state index is 0.165. The summed E-state index contributed by atoms with van der Waals surface area (Å²) in [4.78, 5) is 18.9. The van der Waals surface area contributed by atoms with Crippen molar-refractivity contribution < 1.29 is 4.39 Å². The summed E-state index contributed by atoms with van der Waals surface area (Å²) in [5.41, 5.74) is 6.60. The van der Waals surface area contributed by atoms with Crippen LogP contribution in [0, 0.1) is 19.7 Å². The first kappa shape index (κ1) is 22.2. The third kappa shape index (κ3) is 3.75. The molecule has 1 N–H and O–H groups in total. The molecule has 1 atom stereocenters. The summed E-state index contributed by atoms with van der Waals surface area (Å²) in [6.45, 7) is 5.15. The largest absolute Gasteiger partial charge is 0.357 e. The highest BCUT2D eigenvalue weighted by atomic mass is 19.1. The predicted octanol–water partition coefficient (Wildman–Crippen LogP) is 4.47. The van der Waals surface area contributed by atoms with Crippen molar-refractivity contribution >= 4 is 16.6 Å². The molecule has 0 spiro atoms. The molecule has 3 heterocycles. The molecular weight excluding hydrogens is 455 g/mol. The van der Waals surface area contributed by atoms with E-state index in [1.165, 1.54) is 17.7 Å². The highest BCUT2D eigenvalue weighted by Gasteiger charge is 2.34. The van der Waals surface area contributed by atoms with Gasteiger partial charge in [-0.3, -0.25) is 4.79 Å². The van der Waals surface area contributed by atoms with Gasteiger partial charge in [-0.2, -0.15) is 0 Å². The second-order valence-electron chi connectivity index (χ2n) is 9.32. The summed E-state index contributed by atoms with van der Waals surface area (Å²) in [5.74, 6) is 0.264. The van der Waals surface area contributed by atoms with E-state index in [0.717, 1.165) is 46.2 Å². The Morgan fingerprint density at radius 2 is 1.86 bits per heavy atom. The zero-order valence-electron chi connectivity index (χ0n) is 20.1. The molecule has 6 rings (SSSR count). The van der Waals surface area contributed by atoms with E-state index in [-0.39, 0.29) is 11.4 Å². The Balaban J connectivity index is 1.53. The summed E-state index contributed by atoms with van der Waals surface area (Å²) in [5, 5.41) is 13.6. The van der Waals surface area contributed by atoms with E-state index in [1.807, 2.05) is 38.1 Å². The van der Waals surface area contributed by atoms with Crippen LogP contribution in [0.5, 0.6) is 0 Å². The maximum absolute atomic E-state index is 13.6. The number of nitrogens with zero attached hydrogens (tertiary/aromatic N) is 5. The molecule has 3 aromatic carbocycles. The van der Waals surface area contributed by atoms with E-state index in [1.54, 1.807) is 16.8 Å². The Labute approximate surface area is 207 Å². The summed E-state index contributed by atoms with van der Waals surface area (Å²) in [6.07, 6.45) is 0.871. The molecular formula is C28H25FN6O. The van der Waals surface area contributed by atoms with E-state index in [2.05, 4.69) is 43.6 Å². The summed E-state index contributed by atoms with van der Waals surface area (Å²) < 4.78 is 15.2. The monoisotopic (exact) mass is 480 g/mol. The van der Waals surface area contributed by atoms with Gasteiger partial charge in [0.25, 0.3) is 5.56 Å². The molecule has 1 aliphatic rings. The van der Waals surface area contributed by atoms with E-state index in [0.29, 0.717) is 17.9 Å². The van der Waals surface area contributed by atoms with Crippen LogP contribution in [0.1, 0.15) is 39.7 Å². The number of benzene rings is 3. The van der Waals surface area contributed by atoms with Gasteiger partial charge in [-0.05, 0) is 82.6 Å². The maximum Gasteiger partial charge on any atom is 0.254 e. The zero-order valence-corrected chi connectivity index (χ0v) is 20.1. The van der Waals surface area contributed by atoms with Crippen molar-refractivity contribution in [3.8, 4) is 0 Å². The molecule has 0 aliphatic carbocycles. The molecule has 1 aliphatic heterocycles. The second-order valence-corrected chi connectivity index (χ2v) is 9.32. The van der Waals surface area contributed by atoms with Gasteiger partial charge in [0.1, 0.15) is 11.9 Å². The van der Waals surface area contributed by atoms with Crippen molar-refractivity contribution in [2.75, 3.05) is 11.4 Å². The molecule has 8 heteroatoms. The van der Waals surface area contributed by atoms with Crippen molar-refractivity contribution in [1.29, 1.82) is 0 Å². The summed E-state index contributed by atoms with van der Waals surface area (Å²) in [7, 11) is 0. The molecule has 0 unspecified atom stereocenters. The number of rotatable bonds is 5. The van der Waals surface area contributed by atoms with Gasteiger partial charge in [0, 0.05) is 17.8 Å². The Kier molecular flexibility index (Phi) is 5.36. The lowest BCUT2D eigenvalue weighted by molar-refractivity contribution is 0.576. The predicted molar refractivity (Wildman–Crippen MR) is 137 cm³/mol. The Hall–Kier alpha value is -4.33. The summed E-state index contributed by atoms with van der Waals surface area (Å²) in [6, 6.07) is 20.1. The zero-order chi connectivity index (χ0) is 24.8. The number of aryl methyl sites for hydroxylation is 2. The minimum atomic E-state index is -0.501. The average molecular weight is 481 g/mol. The van der Waals surface area contributed by atoms with Crippen molar-refractivity contribution in [3.05, 3.63) is 117 Å². The van der Waals surface area contributed by atoms with Crippen molar-refractivity contribution in [2.24, 2.45) is 0 Å². The van der Waals surface area contributed by atoms with Crippen LogP contribution in [0.2, 0.25) is 0 Å². The maximum atomic E-state index is 13.6. The number of anilines is 1. The molecule has 0 saturated carbocycles. The van der Waals surface area contributed by atoms with Gasteiger partial charge >= 0.3 is 0 Å². The lowest BCUT2D eigenvalue weighted by Gasteiger charge is -2.29. The normalized spacial score (nSPS) is 13.8. The quantitative estimate of drug-likeness (QED) is 0.402. The number of aromatic nitrogens is 5. The number of hydrogen-bond donors (Lipinski definition) is 1. The first-order valence-corrected chi connectivity index (χ1v) is 12.0. The first-order valence-electron chi connectivity index (χ1n) is 12.0. The number of fused-ring (bicyclic) bond motifs is 2. The molecule has 5 aromatic rings. The molecule has 0 saturated heterocycles. The van der Waals surface area contributed by atoms with E-state index in [9.17, 15) is 9.18 Å². The number of pyridine rings is 1. The van der Waals surface area contributed by atoms with Gasteiger partial charge in [0.2, 0.25) is 0 Å². The van der Waals surface area contributed by atoms with Crippen LogP contribution in [-0.4, -0.2) is 31.7 Å². The number of H-pyrrole nitrogens is 1. The molecule has 36 heavy (non-hydrogen) atoms. The first-order chi connectivity index (χ1) is 17.5. The smallest absolute Gasteiger partial charge is 0.254 e. The minimum Gasteiger partial charge on any atom is -0.357 e. The van der Waals surface area contributed by atoms with Crippen LogP contribution in [0.3, 0.4) is 0 Å². The van der Waals surface area contributed by atoms with Crippen molar-refractivity contribution in [3.63, 3.8) is 0 Å². The number of hydrogen-bond acceptors (Lipinski definition) is 5. The van der Waals surface area contributed by atoms with Gasteiger partial charge < -0.3 is 9.88 Å². The van der Waals surface area contributed by atoms with Crippen LogP contribution in [0.15, 0.2) is 71.5 Å². The number of para-hydroxylation sites is 1. The van der Waals surface area contributed by atoms with Crippen LogP contribution in [-0.2, 0) is 13.0 Å². The van der Waals surface area contributed by atoms with Crippen molar-refractivity contribution in [1.82, 2.24) is 25.2 Å². The van der Waals surface area contributed by atoms with Crippen LogP contribution in [0.25, 0.3) is 10.9 Å². The van der Waals surface area contributed by atoms with Crippen LogP contribution >= 0.6 is 0 Å². The molecule has 7 nitrogen and oxygen atoms in total. The second kappa shape index (κ2) is 8.71. The molecule has 0 fully saturated rings. The lowest BCUT2D eigenvalue weighted by atomic mass is 10.00. The fraction of sp³-hybridized carbons (Fsp3) is 0.214. The van der Waals surface area contributed by atoms with Crippen molar-refractivity contribution in [2.45, 2.75) is 32.9 Å².